The second-order valence-electron chi connectivity index (χ2n) is 6.55. The molecule has 0 bridgehead atoms. The lowest BCUT2D eigenvalue weighted by molar-refractivity contribution is -0.137. The van der Waals surface area contributed by atoms with Crippen molar-refractivity contribution in [2.45, 2.75) is 12.6 Å². The zero-order chi connectivity index (χ0) is 21.9. The maximum atomic E-state index is 12.8. The molecule has 3 rings (SSSR count). The van der Waals surface area contributed by atoms with Crippen LogP contribution in [0.25, 0.3) is 6.08 Å². The Labute approximate surface area is 170 Å². The zero-order valence-corrected chi connectivity index (χ0v) is 16.2. The maximum Gasteiger partial charge on any atom is 0.416 e. The van der Waals surface area contributed by atoms with Gasteiger partial charge in [0.05, 0.1) is 26.2 Å². The van der Waals surface area contributed by atoms with Gasteiger partial charge in [0.2, 0.25) is 11.8 Å². The molecule has 0 saturated heterocycles. The van der Waals surface area contributed by atoms with E-state index in [-0.39, 0.29) is 24.6 Å². The van der Waals surface area contributed by atoms with Crippen LogP contribution >= 0.6 is 0 Å². The van der Waals surface area contributed by atoms with Crippen LogP contribution in [0.2, 0.25) is 0 Å². The number of halogens is 3. The van der Waals surface area contributed by atoms with Gasteiger partial charge in [0.25, 0.3) is 0 Å². The molecule has 30 heavy (non-hydrogen) atoms. The molecule has 6 nitrogen and oxygen atoms in total. The lowest BCUT2D eigenvalue weighted by Gasteiger charge is -2.17. The van der Waals surface area contributed by atoms with Crippen LogP contribution in [0.5, 0.6) is 11.5 Å². The third-order valence-corrected chi connectivity index (χ3v) is 4.53. The Hall–Kier alpha value is -3.49. The van der Waals surface area contributed by atoms with Crippen molar-refractivity contribution >= 4 is 23.6 Å². The molecular formula is C21H19F3N2O4. The number of methoxy groups -OCH3 is 2. The first kappa shape index (κ1) is 21.2. The van der Waals surface area contributed by atoms with E-state index in [1.54, 1.807) is 18.2 Å². The van der Waals surface area contributed by atoms with Crippen LogP contribution in [0.15, 0.2) is 42.6 Å². The highest BCUT2D eigenvalue weighted by Gasteiger charge is 2.30. The molecule has 0 unspecified atom stereocenters. The Bertz CT molecular complexity index is 1000. The topological polar surface area (TPSA) is 67.9 Å². The van der Waals surface area contributed by atoms with Crippen molar-refractivity contribution in [3.8, 4) is 11.5 Å². The third kappa shape index (κ3) is 4.73. The van der Waals surface area contributed by atoms with Crippen LogP contribution in [-0.2, 0) is 22.2 Å². The monoisotopic (exact) mass is 420 g/mol. The van der Waals surface area contributed by atoms with Gasteiger partial charge in [0, 0.05) is 11.9 Å². The van der Waals surface area contributed by atoms with Gasteiger partial charge < -0.3 is 19.7 Å². The molecule has 158 valence electrons. The number of benzene rings is 2. The summed E-state index contributed by atoms with van der Waals surface area (Å²) in [6, 6.07) is 7.73. The molecular weight excluding hydrogens is 401 g/mol. The molecule has 0 atom stereocenters. The summed E-state index contributed by atoms with van der Waals surface area (Å²) in [6.07, 6.45) is -1.36. The fourth-order valence-electron chi connectivity index (χ4n) is 3.03. The Morgan fingerprint density at radius 2 is 1.83 bits per heavy atom. The summed E-state index contributed by atoms with van der Waals surface area (Å²) in [6.45, 7) is -0.339. The molecule has 0 spiro atoms. The molecule has 1 aliphatic heterocycles. The molecule has 0 saturated carbocycles. The van der Waals surface area contributed by atoms with Crippen molar-refractivity contribution in [3.63, 3.8) is 0 Å². The summed E-state index contributed by atoms with van der Waals surface area (Å²) >= 11 is 0. The van der Waals surface area contributed by atoms with E-state index in [0.717, 1.165) is 17.7 Å². The number of rotatable bonds is 5. The first-order chi connectivity index (χ1) is 14.2. The quantitative estimate of drug-likeness (QED) is 0.801. The van der Waals surface area contributed by atoms with Crippen LogP contribution in [0.1, 0.15) is 16.7 Å². The van der Waals surface area contributed by atoms with E-state index >= 15 is 0 Å². The lowest BCUT2D eigenvalue weighted by Crippen LogP contribution is -2.34. The van der Waals surface area contributed by atoms with E-state index in [2.05, 4.69) is 5.32 Å². The minimum Gasteiger partial charge on any atom is -0.493 e. The van der Waals surface area contributed by atoms with Gasteiger partial charge in [0.1, 0.15) is 6.54 Å². The number of carbonyl (C=O) groups is 2. The van der Waals surface area contributed by atoms with E-state index in [9.17, 15) is 22.8 Å². The van der Waals surface area contributed by atoms with E-state index in [1.165, 1.54) is 37.5 Å². The zero-order valence-electron chi connectivity index (χ0n) is 16.2. The van der Waals surface area contributed by atoms with Gasteiger partial charge in [-0.2, -0.15) is 13.2 Å². The average Bonchev–Trinajstić information content (AvgIpc) is 2.84. The summed E-state index contributed by atoms with van der Waals surface area (Å²) in [7, 11) is 2.99. The summed E-state index contributed by atoms with van der Waals surface area (Å²) in [5, 5.41) is 2.39. The largest absolute Gasteiger partial charge is 0.493 e. The standard InChI is InChI=1S/C21H19F3N2O4/c1-29-17-8-13-6-7-26(20(28)10-14(13)9-18(17)30-2)12-19(27)25-16-5-3-4-15(11-16)21(22,23)24/h3-9,11H,10,12H2,1-2H3,(H,25,27). The molecule has 0 radical (unpaired) electrons. The average molecular weight is 420 g/mol. The van der Waals surface area contributed by atoms with Crippen LogP contribution in [0.4, 0.5) is 18.9 Å². The van der Waals surface area contributed by atoms with Crippen LogP contribution < -0.4 is 14.8 Å². The van der Waals surface area contributed by atoms with Crippen molar-refractivity contribution in [3.05, 3.63) is 59.3 Å². The van der Waals surface area contributed by atoms with Crippen LogP contribution in [-0.4, -0.2) is 37.5 Å². The number of fused-ring (bicyclic) bond motifs is 1. The van der Waals surface area contributed by atoms with E-state index in [1.807, 2.05) is 0 Å². The molecule has 1 aliphatic rings. The first-order valence-electron chi connectivity index (χ1n) is 8.91. The highest BCUT2D eigenvalue weighted by Crippen LogP contribution is 2.33. The molecule has 0 aliphatic carbocycles. The third-order valence-electron chi connectivity index (χ3n) is 4.53. The highest BCUT2D eigenvalue weighted by molar-refractivity contribution is 5.96. The number of nitrogens with one attached hydrogen (secondary N) is 1. The summed E-state index contributed by atoms with van der Waals surface area (Å²) in [5.74, 6) is 0.0298. The van der Waals surface area contributed by atoms with Crippen LogP contribution in [0, 0.1) is 0 Å². The SMILES string of the molecule is COc1cc2c(cc1OC)CC(=O)N(CC(=O)Nc1cccc(C(F)(F)F)c1)C=C2. The van der Waals surface area contributed by atoms with Gasteiger partial charge in [-0.15, -0.1) is 0 Å². The molecule has 1 N–H and O–H groups in total. The van der Waals surface area contributed by atoms with Gasteiger partial charge >= 0.3 is 6.18 Å². The number of alkyl halides is 3. The normalized spacial score (nSPS) is 13.5. The summed E-state index contributed by atoms with van der Waals surface area (Å²) in [4.78, 5) is 26.1. The number of nitrogens with zero attached hydrogens (tertiary/aromatic N) is 1. The Morgan fingerprint density at radius 1 is 1.13 bits per heavy atom. The highest BCUT2D eigenvalue weighted by atomic mass is 19.4. The molecule has 2 amide bonds. The van der Waals surface area contributed by atoms with Crippen LogP contribution in [0.3, 0.4) is 0 Å². The van der Waals surface area contributed by atoms with Gasteiger partial charge in [-0.3, -0.25) is 9.59 Å². The second-order valence-corrected chi connectivity index (χ2v) is 6.55. The number of carbonyl (C=O) groups excluding carboxylic acids is 2. The fourth-order valence-corrected chi connectivity index (χ4v) is 3.03. The molecule has 1 heterocycles. The predicted molar refractivity (Wildman–Crippen MR) is 104 cm³/mol. The molecule has 0 aromatic heterocycles. The van der Waals surface area contributed by atoms with Crippen molar-refractivity contribution < 1.29 is 32.2 Å². The number of amides is 2. The second kappa shape index (κ2) is 8.48. The molecule has 2 aromatic carbocycles. The minimum absolute atomic E-state index is 0.00108. The van der Waals surface area contributed by atoms with Crippen molar-refractivity contribution in [2.24, 2.45) is 0 Å². The van der Waals surface area contributed by atoms with Gasteiger partial charge in [-0.1, -0.05) is 6.07 Å². The van der Waals surface area contributed by atoms with E-state index in [4.69, 9.17) is 9.47 Å². The van der Waals surface area contributed by atoms with Gasteiger partial charge in [0.15, 0.2) is 11.5 Å². The van der Waals surface area contributed by atoms with E-state index in [0.29, 0.717) is 17.1 Å². The number of hydrogen-bond acceptors (Lipinski definition) is 4. The molecule has 9 heteroatoms. The predicted octanol–water partition coefficient (Wildman–Crippen LogP) is 3.72. The number of ether oxygens (including phenoxy) is 2. The summed E-state index contributed by atoms with van der Waals surface area (Å²) in [5.41, 5.74) is 0.569. The Kier molecular flexibility index (Phi) is 6.00. The molecule has 2 aromatic rings. The van der Waals surface area contributed by atoms with Crippen molar-refractivity contribution in [1.82, 2.24) is 4.90 Å². The van der Waals surface area contributed by atoms with E-state index < -0.39 is 17.6 Å². The van der Waals surface area contributed by atoms with Crippen molar-refractivity contribution in [1.29, 1.82) is 0 Å². The Morgan fingerprint density at radius 3 is 2.50 bits per heavy atom. The maximum absolute atomic E-state index is 12.8. The fraction of sp³-hybridized carbons (Fsp3) is 0.238. The smallest absolute Gasteiger partial charge is 0.416 e. The minimum atomic E-state index is -4.52. The van der Waals surface area contributed by atoms with Gasteiger partial charge in [-0.25, -0.2) is 0 Å². The lowest BCUT2D eigenvalue weighted by atomic mass is 10.0. The first-order valence-corrected chi connectivity index (χ1v) is 8.91. The summed E-state index contributed by atoms with van der Waals surface area (Å²) < 4.78 is 49.0. The number of anilines is 1. The number of hydrogen-bond donors (Lipinski definition) is 1. The van der Waals surface area contributed by atoms with Gasteiger partial charge in [-0.05, 0) is 47.5 Å². The molecule has 0 fully saturated rings. The Balaban J connectivity index is 1.73. The van der Waals surface area contributed by atoms with Crippen molar-refractivity contribution in [2.75, 3.05) is 26.1 Å².